The van der Waals surface area contributed by atoms with Crippen molar-refractivity contribution in [3.05, 3.63) is 69.2 Å². The van der Waals surface area contributed by atoms with E-state index in [0.29, 0.717) is 27.3 Å². The maximum Gasteiger partial charge on any atom is 0.266 e. The van der Waals surface area contributed by atoms with Crippen molar-refractivity contribution in [2.45, 2.75) is 19.8 Å². The molecule has 27 heavy (non-hydrogen) atoms. The van der Waals surface area contributed by atoms with Gasteiger partial charge in [-0.25, -0.2) is 0 Å². The quantitative estimate of drug-likeness (QED) is 0.687. The van der Waals surface area contributed by atoms with Crippen LogP contribution in [0.5, 0.6) is 0 Å². The Balaban J connectivity index is 1.69. The number of nitrogens with zero attached hydrogens (tertiary/aromatic N) is 2. The third-order valence-corrected chi connectivity index (χ3v) is 5.41. The number of aromatic amines is 1. The van der Waals surface area contributed by atoms with Crippen molar-refractivity contribution in [1.82, 2.24) is 14.5 Å². The minimum Gasteiger partial charge on any atom is -0.338 e. The van der Waals surface area contributed by atoms with Crippen LogP contribution < -0.4 is 5.56 Å². The molecule has 0 bridgehead atoms. The highest BCUT2D eigenvalue weighted by molar-refractivity contribution is 7.71. The van der Waals surface area contributed by atoms with E-state index in [0.717, 1.165) is 25.0 Å². The van der Waals surface area contributed by atoms with Gasteiger partial charge < -0.3 is 9.88 Å². The highest BCUT2D eigenvalue weighted by Crippen LogP contribution is 2.19. The van der Waals surface area contributed by atoms with E-state index in [2.05, 4.69) is 11.9 Å². The first kappa shape index (κ1) is 17.7. The van der Waals surface area contributed by atoms with E-state index in [1.165, 1.54) is 11.0 Å². The summed E-state index contributed by atoms with van der Waals surface area (Å²) in [4.78, 5) is 30.6. The third kappa shape index (κ3) is 3.32. The minimum atomic E-state index is -0.168. The van der Waals surface area contributed by atoms with Gasteiger partial charge in [0.15, 0.2) is 4.77 Å². The highest BCUT2D eigenvalue weighted by atomic mass is 32.1. The Kier molecular flexibility index (Phi) is 4.66. The summed E-state index contributed by atoms with van der Waals surface area (Å²) in [6.45, 7) is 3.78. The van der Waals surface area contributed by atoms with Gasteiger partial charge >= 0.3 is 0 Å². The number of hydrogen-bond donors (Lipinski definition) is 1. The Labute approximate surface area is 162 Å². The molecule has 6 heteroatoms. The predicted octanol–water partition coefficient (Wildman–Crippen LogP) is 3.92. The molecular weight excluding hydrogens is 358 g/mol. The van der Waals surface area contributed by atoms with Crippen LogP contribution in [0.4, 0.5) is 0 Å². The Morgan fingerprint density at radius 2 is 1.89 bits per heavy atom. The summed E-state index contributed by atoms with van der Waals surface area (Å²) in [7, 11) is 0. The van der Waals surface area contributed by atoms with E-state index >= 15 is 0 Å². The lowest BCUT2D eigenvalue weighted by Gasteiger charge is -2.31. The Morgan fingerprint density at radius 1 is 1.15 bits per heavy atom. The van der Waals surface area contributed by atoms with Gasteiger partial charge in [-0.2, -0.15) is 0 Å². The number of carbonyl (C=O) groups is 1. The fraction of sp³-hybridized carbons (Fsp3) is 0.286. The van der Waals surface area contributed by atoms with Crippen molar-refractivity contribution >= 4 is 29.0 Å². The number of rotatable bonds is 2. The van der Waals surface area contributed by atoms with Crippen LogP contribution in [0, 0.1) is 10.7 Å². The van der Waals surface area contributed by atoms with Crippen LogP contribution in [0.25, 0.3) is 16.6 Å². The summed E-state index contributed by atoms with van der Waals surface area (Å²) in [6, 6.07) is 14.4. The fourth-order valence-electron chi connectivity index (χ4n) is 3.71. The third-order valence-electron chi connectivity index (χ3n) is 5.12. The molecule has 3 aromatic rings. The second-order valence-corrected chi connectivity index (χ2v) is 7.55. The lowest BCUT2D eigenvalue weighted by atomic mass is 9.99. The minimum absolute atomic E-state index is 0.0455. The molecule has 1 unspecified atom stereocenters. The molecule has 4 rings (SSSR count). The number of carbonyl (C=O) groups excluding carboxylic acids is 1. The molecule has 1 aliphatic heterocycles. The van der Waals surface area contributed by atoms with Crippen molar-refractivity contribution < 1.29 is 4.79 Å². The van der Waals surface area contributed by atoms with Gasteiger partial charge in [0, 0.05) is 18.7 Å². The second kappa shape index (κ2) is 7.12. The smallest absolute Gasteiger partial charge is 0.266 e. The van der Waals surface area contributed by atoms with E-state index in [4.69, 9.17) is 12.2 Å². The standard InChI is InChI=1S/C21H21N3O2S/c1-14-5-4-12-23(13-14)19(25)15-8-10-16(11-9-15)24-20(26)17-6-2-3-7-18(17)22-21(24)27/h2-3,6-11,14H,4-5,12-13H2,1H3,(H,22,27). The zero-order valence-electron chi connectivity index (χ0n) is 15.1. The lowest BCUT2D eigenvalue weighted by molar-refractivity contribution is 0.0683. The van der Waals surface area contributed by atoms with Crippen LogP contribution in [0.15, 0.2) is 53.3 Å². The maximum absolute atomic E-state index is 12.9. The molecule has 0 saturated carbocycles. The fourth-order valence-corrected chi connectivity index (χ4v) is 4.00. The first-order valence-corrected chi connectivity index (χ1v) is 9.59. The van der Waals surface area contributed by atoms with Gasteiger partial charge in [-0.3, -0.25) is 14.2 Å². The molecule has 2 aromatic carbocycles. The van der Waals surface area contributed by atoms with E-state index in [9.17, 15) is 9.59 Å². The average molecular weight is 379 g/mol. The molecule has 1 saturated heterocycles. The van der Waals surface area contributed by atoms with Crippen LogP contribution in [0.3, 0.4) is 0 Å². The van der Waals surface area contributed by atoms with Gasteiger partial charge in [-0.1, -0.05) is 19.1 Å². The van der Waals surface area contributed by atoms with Crippen molar-refractivity contribution in [1.29, 1.82) is 0 Å². The number of para-hydroxylation sites is 1. The zero-order chi connectivity index (χ0) is 19.0. The van der Waals surface area contributed by atoms with Gasteiger partial charge in [0.25, 0.3) is 11.5 Å². The first-order valence-electron chi connectivity index (χ1n) is 9.18. The summed E-state index contributed by atoms with van der Waals surface area (Å²) >= 11 is 5.38. The number of hydrogen-bond acceptors (Lipinski definition) is 3. The SMILES string of the molecule is CC1CCCN(C(=O)c2ccc(-n3c(=S)[nH]c4ccccc4c3=O)cc2)C1. The van der Waals surface area contributed by atoms with Crippen LogP contribution in [0.2, 0.25) is 0 Å². The number of H-pyrrole nitrogens is 1. The molecule has 0 aliphatic carbocycles. The first-order chi connectivity index (χ1) is 13.0. The summed E-state index contributed by atoms with van der Waals surface area (Å²) in [5, 5.41) is 0.577. The Morgan fingerprint density at radius 3 is 2.63 bits per heavy atom. The molecule has 1 aromatic heterocycles. The predicted molar refractivity (Wildman–Crippen MR) is 109 cm³/mol. The molecule has 1 amide bonds. The molecule has 2 heterocycles. The number of aromatic nitrogens is 2. The van der Waals surface area contributed by atoms with E-state index < -0.39 is 0 Å². The summed E-state index contributed by atoms with van der Waals surface area (Å²) in [5.41, 5.74) is 1.83. The van der Waals surface area contributed by atoms with Crippen LogP contribution >= 0.6 is 12.2 Å². The number of benzene rings is 2. The topological polar surface area (TPSA) is 58.1 Å². The largest absolute Gasteiger partial charge is 0.338 e. The van der Waals surface area contributed by atoms with E-state index in [-0.39, 0.29) is 11.5 Å². The number of likely N-dealkylation sites (tertiary alicyclic amines) is 1. The molecular formula is C21H21N3O2S. The van der Waals surface area contributed by atoms with Gasteiger partial charge in [-0.05, 0) is 67.4 Å². The normalized spacial score (nSPS) is 17.2. The second-order valence-electron chi connectivity index (χ2n) is 7.16. The van der Waals surface area contributed by atoms with Crippen molar-refractivity contribution in [2.75, 3.05) is 13.1 Å². The van der Waals surface area contributed by atoms with Gasteiger partial charge in [0.2, 0.25) is 0 Å². The van der Waals surface area contributed by atoms with Crippen molar-refractivity contribution in [3.8, 4) is 5.69 Å². The molecule has 1 aliphatic rings. The number of fused-ring (bicyclic) bond motifs is 1. The van der Waals surface area contributed by atoms with Crippen LogP contribution in [-0.2, 0) is 0 Å². The van der Waals surface area contributed by atoms with E-state index in [1.54, 1.807) is 30.3 Å². The Hall–Kier alpha value is -2.73. The van der Waals surface area contributed by atoms with Crippen LogP contribution in [0.1, 0.15) is 30.1 Å². The number of piperidine rings is 1. The summed E-state index contributed by atoms with van der Waals surface area (Å²) < 4.78 is 1.80. The molecule has 1 fully saturated rings. The lowest BCUT2D eigenvalue weighted by Crippen LogP contribution is -2.39. The molecule has 5 nitrogen and oxygen atoms in total. The zero-order valence-corrected chi connectivity index (χ0v) is 16.0. The van der Waals surface area contributed by atoms with Crippen molar-refractivity contribution in [3.63, 3.8) is 0 Å². The van der Waals surface area contributed by atoms with E-state index in [1.807, 2.05) is 23.1 Å². The molecule has 0 spiro atoms. The molecule has 0 radical (unpaired) electrons. The highest BCUT2D eigenvalue weighted by Gasteiger charge is 2.22. The Bertz CT molecular complexity index is 1110. The average Bonchev–Trinajstić information content (AvgIpc) is 2.68. The van der Waals surface area contributed by atoms with Crippen LogP contribution in [-0.4, -0.2) is 33.4 Å². The summed E-state index contributed by atoms with van der Waals surface area (Å²) in [5.74, 6) is 0.584. The summed E-state index contributed by atoms with van der Waals surface area (Å²) in [6.07, 6.45) is 2.22. The van der Waals surface area contributed by atoms with Gasteiger partial charge in [0.1, 0.15) is 0 Å². The maximum atomic E-state index is 12.9. The van der Waals surface area contributed by atoms with Gasteiger partial charge in [-0.15, -0.1) is 0 Å². The monoisotopic (exact) mass is 379 g/mol. The molecule has 1 atom stereocenters. The molecule has 1 N–H and O–H groups in total. The number of nitrogens with one attached hydrogen (secondary N) is 1. The van der Waals surface area contributed by atoms with Gasteiger partial charge in [0.05, 0.1) is 16.6 Å². The number of amides is 1. The van der Waals surface area contributed by atoms with Crippen molar-refractivity contribution in [2.24, 2.45) is 5.92 Å². The molecule has 138 valence electrons.